The van der Waals surface area contributed by atoms with Crippen LogP contribution in [0.25, 0.3) is 33.0 Å². The number of ether oxygens (including phenoxy) is 2. The van der Waals surface area contributed by atoms with E-state index in [0.29, 0.717) is 16.7 Å². The fourth-order valence-corrected chi connectivity index (χ4v) is 4.20. The molecule has 1 aliphatic rings. The molecule has 0 bridgehead atoms. The molecule has 4 aromatic rings. The van der Waals surface area contributed by atoms with E-state index in [9.17, 15) is 9.59 Å². The SMILES string of the molecule is CCOC(=O)n1cc(C2=C(c3cn(C)c4ccccc34)COC2=O)c2ccccc21. The molecule has 6 heteroatoms. The first-order valence-corrected chi connectivity index (χ1v) is 9.82. The zero-order valence-corrected chi connectivity index (χ0v) is 16.7. The molecule has 0 spiro atoms. The third-order valence-corrected chi connectivity index (χ3v) is 5.52. The van der Waals surface area contributed by atoms with Gasteiger partial charge in [0.2, 0.25) is 0 Å². The first-order valence-electron chi connectivity index (χ1n) is 9.82. The van der Waals surface area contributed by atoms with Crippen molar-refractivity contribution in [1.82, 2.24) is 9.13 Å². The van der Waals surface area contributed by atoms with E-state index in [-0.39, 0.29) is 19.2 Å². The Morgan fingerprint density at radius 1 is 1.00 bits per heavy atom. The number of rotatable bonds is 3. The van der Waals surface area contributed by atoms with Gasteiger partial charge in [0.05, 0.1) is 17.7 Å². The van der Waals surface area contributed by atoms with E-state index >= 15 is 0 Å². The van der Waals surface area contributed by atoms with Gasteiger partial charge in [-0.2, -0.15) is 0 Å². The maximum atomic E-state index is 12.8. The van der Waals surface area contributed by atoms with Crippen LogP contribution in [-0.2, 0) is 21.3 Å². The minimum Gasteiger partial charge on any atom is -0.457 e. The number of para-hydroxylation sites is 2. The van der Waals surface area contributed by atoms with Gasteiger partial charge in [0, 0.05) is 52.4 Å². The molecule has 0 N–H and O–H groups in total. The quantitative estimate of drug-likeness (QED) is 0.471. The molecule has 0 amide bonds. The van der Waals surface area contributed by atoms with E-state index in [1.807, 2.05) is 66.3 Å². The number of aromatic nitrogens is 2. The van der Waals surface area contributed by atoms with Crippen LogP contribution >= 0.6 is 0 Å². The fourth-order valence-electron chi connectivity index (χ4n) is 4.20. The Hall–Kier alpha value is -3.80. The highest BCUT2D eigenvalue weighted by Gasteiger charge is 2.31. The van der Waals surface area contributed by atoms with Crippen molar-refractivity contribution < 1.29 is 19.1 Å². The number of fused-ring (bicyclic) bond motifs is 2. The van der Waals surface area contributed by atoms with Crippen LogP contribution in [0.3, 0.4) is 0 Å². The van der Waals surface area contributed by atoms with Gasteiger partial charge in [-0.05, 0) is 19.1 Å². The zero-order valence-electron chi connectivity index (χ0n) is 16.7. The largest absolute Gasteiger partial charge is 0.457 e. The van der Waals surface area contributed by atoms with Crippen LogP contribution in [-0.4, -0.2) is 34.4 Å². The van der Waals surface area contributed by atoms with Gasteiger partial charge in [-0.1, -0.05) is 36.4 Å². The summed E-state index contributed by atoms with van der Waals surface area (Å²) in [7, 11) is 1.98. The van der Waals surface area contributed by atoms with Crippen LogP contribution < -0.4 is 0 Å². The molecule has 2 aromatic heterocycles. The van der Waals surface area contributed by atoms with E-state index in [1.165, 1.54) is 4.57 Å². The normalized spacial score (nSPS) is 14.0. The van der Waals surface area contributed by atoms with Crippen LogP contribution in [0, 0.1) is 0 Å². The molecule has 0 unspecified atom stereocenters. The van der Waals surface area contributed by atoms with Crippen molar-refractivity contribution in [2.45, 2.75) is 6.92 Å². The number of carbonyl (C=O) groups is 2. The lowest BCUT2D eigenvalue weighted by molar-refractivity contribution is -0.133. The lowest BCUT2D eigenvalue weighted by Gasteiger charge is -2.03. The maximum absolute atomic E-state index is 12.8. The number of carbonyl (C=O) groups excluding carboxylic acids is 2. The molecular formula is C24H20N2O4. The number of benzene rings is 2. The van der Waals surface area contributed by atoms with Crippen molar-refractivity contribution in [1.29, 1.82) is 0 Å². The second-order valence-corrected chi connectivity index (χ2v) is 7.23. The summed E-state index contributed by atoms with van der Waals surface area (Å²) in [5.74, 6) is -0.385. The highest BCUT2D eigenvalue weighted by Crippen LogP contribution is 2.39. The van der Waals surface area contributed by atoms with E-state index in [4.69, 9.17) is 9.47 Å². The molecular weight excluding hydrogens is 380 g/mol. The molecule has 5 rings (SSSR count). The molecule has 3 heterocycles. The molecule has 30 heavy (non-hydrogen) atoms. The molecule has 2 aromatic carbocycles. The number of nitrogens with zero attached hydrogens (tertiary/aromatic N) is 2. The maximum Gasteiger partial charge on any atom is 0.418 e. The van der Waals surface area contributed by atoms with Gasteiger partial charge in [-0.15, -0.1) is 0 Å². The highest BCUT2D eigenvalue weighted by atomic mass is 16.5. The summed E-state index contributed by atoms with van der Waals surface area (Å²) in [5, 5.41) is 1.86. The lowest BCUT2D eigenvalue weighted by atomic mass is 9.96. The lowest BCUT2D eigenvalue weighted by Crippen LogP contribution is -2.12. The fraction of sp³-hybridized carbons (Fsp3) is 0.167. The van der Waals surface area contributed by atoms with Crippen LogP contribution in [0.15, 0.2) is 60.9 Å². The van der Waals surface area contributed by atoms with Crippen molar-refractivity contribution in [3.05, 3.63) is 72.1 Å². The molecule has 0 radical (unpaired) electrons. The van der Waals surface area contributed by atoms with Crippen molar-refractivity contribution in [3.8, 4) is 0 Å². The molecule has 0 saturated carbocycles. The summed E-state index contributed by atoms with van der Waals surface area (Å²) in [6, 6.07) is 15.5. The van der Waals surface area contributed by atoms with Gasteiger partial charge in [0.25, 0.3) is 0 Å². The second-order valence-electron chi connectivity index (χ2n) is 7.23. The average molecular weight is 400 g/mol. The standard InChI is InChI=1S/C24H20N2O4/c1-3-29-24(28)26-13-18(16-9-5-7-11-21(16)26)22-19(14-30-23(22)27)17-12-25(2)20-10-6-4-8-15(17)20/h4-13H,3,14H2,1-2H3. The molecule has 0 saturated heterocycles. The summed E-state index contributed by atoms with van der Waals surface area (Å²) in [4.78, 5) is 25.3. The highest BCUT2D eigenvalue weighted by molar-refractivity contribution is 6.31. The first-order chi connectivity index (χ1) is 14.6. The van der Waals surface area contributed by atoms with Gasteiger partial charge in [-0.25, -0.2) is 9.59 Å². The molecule has 1 aliphatic heterocycles. The van der Waals surface area contributed by atoms with E-state index < -0.39 is 6.09 Å². The monoisotopic (exact) mass is 400 g/mol. The predicted octanol–water partition coefficient (Wildman–Crippen LogP) is 4.61. The number of aryl methyl sites for hydroxylation is 1. The Labute approximate surface area is 172 Å². The minimum absolute atomic E-state index is 0.196. The molecule has 0 atom stereocenters. The number of hydrogen-bond donors (Lipinski definition) is 0. The Morgan fingerprint density at radius 3 is 2.40 bits per heavy atom. The Kier molecular flexibility index (Phi) is 4.20. The number of hydrogen-bond acceptors (Lipinski definition) is 4. The van der Waals surface area contributed by atoms with Crippen molar-refractivity contribution in [2.75, 3.05) is 13.2 Å². The van der Waals surface area contributed by atoms with Gasteiger partial charge in [0.15, 0.2) is 0 Å². The molecule has 150 valence electrons. The summed E-state index contributed by atoms with van der Waals surface area (Å²) < 4.78 is 14.2. The average Bonchev–Trinajstić information content (AvgIpc) is 3.42. The summed E-state index contributed by atoms with van der Waals surface area (Å²) in [5.41, 5.74) is 4.71. The predicted molar refractivity (Wildman–Crippen MR) is 115 cm³/mol. The third-order valence-electron chi connectivity index (χ3n) is 5.52. The van der Waals surface area contributed by atoms with Gasteiger partial charge < -0.3 is 14.0 Å². The Morgan fingerprint density at radius 2 is 1.67 bits per heavy atom. The third kappa shape index (κ3) is 2.64. The van der Waals surface area contributed by atoms with E-state index in [0.717, 1.165) is 27.4 Å². The minimum atomic E-state index is -0.473. The van der Waals surface area contributed by atoms with Crippen molar-refractivity contribution in [3.63, 3.8) is 0 Å². The zero-order chi connectivity index (χ0) is 20.8. The van der Waals surface area contributed by atoms with Gasteiger partial charge >= 0.3 is 12.1 Å². The molecule has 0 fully saturated rings. The van der Waals surface area contributed by atoms with E-state index in [2.05, 4.69) is 0 Å². The number of cyclic esters (lactones) is 1. The van der Waals surface area contributed by atoms with Gasteiger partial charge in [-0.3, -0.25) is 4.57 Å². The topological polar surface area (TPSA) is 62.5 Å². The van der Waals surface area contributed by atoms with Crippen LogP contribution in [0.5, 0.6) is 0 Å². The van der Waals surface area contributed by atoms with Crippen LogP contribution in [0.4, 0.5) is 4.79 Å². The number of esters is 1. The first kappa shape index (κ1) is 18.2. The summed E-state index contributed by atoms with van der Waals surface area (Å²) in [6.45, 7) is 2.23. The Balaban J connectivity index is 1.79. The summed E-state index contributed by atoms with van der Waals surface area (Å²) in [6.07, 6.45) is 3.22. The van der Waals surface area contributed by atoms with E-state index in [1.54, 1.807) is 13.1 Å². The van der Waals surface area contributed by atoms with Crippen molar-refractivity contribution in [2.24, 2.45) is 7.05 Å². The second kappa shape index (κ2) is 6.91. The Bertz CT molecular complexity index is 1360. The van der Waals surface area contributed by atoms with Crippen LogP contribution in [0.2, 0.25) is 0 Å². The van der Waals surface area contributed by atoms with Crippen LogP contribution in [0.1, 0.15) is 18.1 Å². The molecule has 0 aliphatic carbocycles. The van der Waals surface area contributed by atoms with Crippen molar-refractivity contribution >= 4 is 45.0 Å². The smallest absolute Gasteiger partial charge is 0.418 e. The summed E-state index contributed by atoms with van der Waals surface area (Å²) >= 11 is 0. The van der Waals surface area contributed by atoms with Gasteiger partial charge in [0.1, 0.15) is 6.61 Å². The molecule has 6 nitrogen and oxygen atoms in total.